The largest absolute Gasteiger partial charge is 0.465 e. The number of carbonyl (C=O) groups excluding carboxylic acids is 3. The van der Waals surface area contributed by atoms with Crippen molar-refractivity contribution in [2.45, 2.75) is 106 Å². The smallest absolute Gasteiger partial charge is 0.312 e. The summed E-state index contributed by atoms with van der Waals surface area (Å²) in [6.45, 7) is 12.0. The van der Waals surface area contributed by atoms with E-state index in [1.807, 2.05) is 18.7 Å². The molecule has 0 aromatic carbocycles. The lowest BCUT2D eigenvalue weighted by atomic mass is 9.70. The van der Waals surface area contributed by atoms with Crippen molar-refractivity contribution >= 4 is 33.7 Å². The van der Waals surface area contributed by atoms with Crippen LogP contribution in [-0.2, 0) is 23.9 Å². The Morgan fingerprint density at radius 1 is 1.28 bits per heavy atom. The molecule has 3 heterocycles. The van der Waals surface area contributed by atoms with E-state index in [0.717, 1.165) is 44.9 Å². The van der Waals surface area contributed by atoms with Gasteiger partial charge in [-0.05, 0) is 38.0 Å². The summed E-state index contributed by atoms with van der Waals surface area (Å²) in [6.07, 6.45) is 10.6. The number of alkyl halides is 1. The maximum Gasteiger partial charge on any atom is 0.312 e. The molecule has 1 N–H and O–H groups in total. The Labute approximate surface area is 241 Å². The maximum atomic E-state index is 14.7. The zero-order valence-electron chi connectivity index (χ0n) is 23.4. The number of unbranched alkanes of at least 4 members (excludes halogenated alkanes) is 1. The molecule has 3 unspecified atom stereocenters. The molecule has 0 radical (unpaired) electrons. The van der Waals surface area contributed by atoms with Crippen LogP contribution in [0, 0.1) is 17.8 Å². The second-order valence-electron chi connectivity index (χ2n) is 11.7. The molecule has 4 rings (SSSR count). The molecule has 39 heavy (non-hydrogen) atoms. The molecule has 4 fully saturated rings. The van der Waals surface area contributed by atoms with E-state index in [1.54, 1.807) is 17.1 Å². The Kier molecular flexibility index (Phi) is 9.97. The first-order valence-corrected chi connectivity index (χ1v) is 15.6. The van der Waals surface area contributed by atoms with Crippen LogP contribution in [0.4, 0.5) is 0 Å². The first kappa shape index (κ1) is 30.3. The monoisotopic (exact) mass is 608 g/mol. The number of esters is 1. The molecule has 2 amide bonds. The number of hydrogen-bond acceptors (Lipinski definition) is 6. The molecule has 1 aliphatic carbocycles. The van der Waals surface area contributed by atoms with Gasteiger partial charge in [-0.1, -0.05) is 67.6 Å². The standard InChI is InChI=1S/C30H45BrN2O6/c1-5-8-12-16-38-29(37)23-24-27(35)33(22(18-34)19(4)7-3)26(30(24)17-21(31)25(23)39-30)28(36)32(15-6-2)20-13-10-9-11-14-20/h5-6,19-26,34H,1-2,7-18H2,3-4H3/t19-,21?,22-,23-,24-,25-,26?,30?/m0/s1. The lowest BCUT2D eigenvalue weighted by Crippen LogP contribution is -2.61. The van der Waals surface area contributed by atoms with Gasteiger partial charge in [-0.15, -0.1) is 13.2 Å². The molecular weight excluding hydrogens is 564 g/mol. The van der Waals surface area contributed by atoms with Crippen molar-refractivity contribution in [3.8, 4) is 0 Å². The van der Waals surface area contributed by atoms with E-state index < -0.39 is 41.6 Å². The fraction of sp³-hybridized carbons (Fsp3) is 0.767. The average Bonchev–Trinajstić information content (AvgIpc) is 3.53. The minimum atomic E-state index is -1.16. The van der Waals surface area contributed by atoms with Gasteiger partial charge in [0, 0.05) is 17.4 Å². The number of nitrogens with zero attached hydrogens (tertiary/aromatic N) is 2. The van der Waals surface area contributed by atoms with E-state index in [9.17, 15) is 19.5 Å². The number of halogens is 1. The minimum Gasteiger partial charge on any atom is -0.465 e. The molecule has 0 aromatic heterocycles. The normalized spacial score (nSPS) is 33.5. The Bertz CT molecular complexity index is 938. The summed E-state index contributed by atoms with van der Waals surface area (Å²) in [5.74, 6) is -2.59. The van der Waals surface area contributed by atoms with Gasteiger partial charge >= 0.3 is 5.97 Å². The molecule has 0 aromatic rings. The zero-order valence-corrected chi connectivity index (χ0v) is 25.0. The Hall–Kier alpha value is -1.71. The van der Waals surface area contributed by atoms with Gasteiger partial charge in [0.2, 0.25) is 11.8 Å². The molecule has 4 aliphatic rings. The summed E-state index contributed by atoms with van der Waals surface area (Å²) in [5, 5.41) is 10.5. The summed E-state index contributed by atoms with van der Waals surface area (Å²) < 4.78 is 12.3. The predicted octanol–water partition coefficient (Wildman–Crippen LogP) is 4.00. The first-order chi connectivity index (χ1) is 18.8. The fourth-order valence-corrected chi connectivity index (χ4v) is 8.33. The summed E-state index contributed by atoms with van der Waals surface area (Å²) in [4.78, 5) is 45.8. The van der Waals surface area contributed by atoms with Crippen LogP contribution in [0.2, 0.25) is 0 Å². The van der Waals surface area contributed by atoms with Crippen molar-refractivity contribution in [3.05, 3.63) is 25.3 Å². The quantitative estimate of drug-likeness (QED) is 0.147. The molecule has 8 nitrogen and oxygen atoms in total. The van der Waals surface area contributed by atoms with Crippen LogP contribution in [0.3, 0.4) is 0 Å². The van der Waals surface area contributed by atoms with E-state index in [0.29, 0.717) is 19.4 Å². The minimum absolute atomic E-state index is 0.0479. The molecule has 218 valence electrons. The Morgan fingerprint density at radius 2 is 2.00 bits per heavy atom. The van der Waals surface area contributed by atoms with Crippen LogP contribution in [0.1, 0.15) is 71.6 Å². The number of aliphatic hydroxyl groups is 1. The lowest BCUT2D eigenvalue weighted by molar-refractivity contribution is -0.157. The number of rotatable bonds is 13. The lowest BCUT2D eigenvalue weighted by Gasteiger charge is -2.43. The van der Waals surface area contributed by atoms with E-state index in [4.69, 9.17) is 9.47 Å². The third kappa shape index (κ3) is 5.35. The number of likely N-dealkylation sites (tertiary alicyclic amines) is 1. The van der Waals surface area contributed by atoms with Gasteiger partial charge in [0.25, 0.3) is 0 Å². The van der Waals surface area contributed by atoms with Crippen LogP contribution < -0.4 is 0 Å². The number of allylic oxidation sites excluding steroid dienone is 1. The Morgan fingerprint density at radius 3 is 2.62 bits per heavy atom. The molecule has 1 spiro atoms. The van der Waals surface area contributed by atoms with E-state index >= 15 is 0 Å². The van der Waals surface area contributed by atoms with Gasteiger partial charge < -0.3 is 24.4 Å². The first-order valence-electron chi connectivity index (χ1n) is 14.7. The van der Waals surface area contributed by atoms with Crippen molar-refractivity contribution in [1.29, 1.82) is 0 Å². The van der Waals surface area contributed by atoms with Crippen molar-refractivity contribution in [2.75, 3.05) is 19.8 Å². The van der Waals surface area contributed by atoms with E-state index in [2.05, 4.69) is 29.1 Å². The molecule has 3 aliphatic heterocycles. The van der Waals surface area contributed by atoms with Gasteiger partial charge in [0.1, 0.15) is 11.6 Å². The highest BCUT2D eigenvalue weighted by atomic mass is 79.9. The zero-order chi connectivity index (χ0) is 28.3. The maximum absolute atomic E-state index is 14.7. The van der Waals surface area contributed by atoms with Crippen molar-refractivity contribution < 1.29 is 29.0 Å². The van der Waals surface area contributed by atoms with Crippen LogP contribution in [0.25, 0.3) is 0 Å². The van der Waals surface area contributed by atoms with Gasteiger partial charge in [-0.3, -0.25) is 14.4 Å². The Balaban J connectivity index is 1.75. The van der Waals surface area contributed by atoms with Gasteiger partial charge in [0.15, 0.2) is 0 Å². The number of hydrogen-bond donors (Lipinski definition) is 1. The number of carbonyl (C=O) groups is 3. The summed E-state index contributed by atoms with van der Waals surface area (Å²) in [7, 11) is 0. The van der Waals surface area contributed by atoms with Crippen LogP contribution in [0.15, 0.2) is 25.3 Å². The number of fused-ring (bicyclic) bond motifs is 1. The number of aliphatic hydroxyl groups excluding tert-OH is 1. The number of ether oxygens (including phenoxy) is 2. The second kappa shape index (κ2) is 12.9. The van der Waals surface area contributed by atoms with Gasteiger partial charge in [-0.2, -0.15) is 0 Å². The molecule has 9 heteroatoms. The molecule has 3 saturated heterocycles. The molecule has 1 saturated carbocycles. The molecule has 8 atom stereocenters. The predicted molar refractivity (Wildman–Crippen MR) is 152 cm³/mol. The third-order valence-corrected chi connectivity index (χ3v) is 10.3. The molecule has 2 bridgehead atoms. The summed E-state index contributed by atoms with van der Waals surface area (Å²) in [6, 6.07) is -1.42. The van der Waals surface area contributed by atoms with Crippen LogP contribution in [-0.4, -0.2) is 87.1 Å². The number of amides is 2. The summed E-state index contributed by atoms with van der Waals surface area (Å²) >= 11 is 3.72. The summed E-state index contributed by atoms with van der Waals surface area (Å²) in [5.41, 5.74) is -1.16. The second-order valence-corrected chi connectivity index (χ2v) is 12.9. The molecular formula is C30H45BrN2O6. The SMILES string of the molecule is C=CCCCOC(=O)[C@H]1[C@H]2C(=O)N([C@@H](CO)[C@@H](C)CC)C(C(=O)N(CC=C)C3CCCCC3)C23CC(Br)[C@@H]1O3. The van der Waals surface area contributed by atoms with Crippen LogP contribution in [0.5, 0.6) is 0 Å². The average molecular weight is 610 g/mol. The van der Waals surface area contributed by atoms with Crippen LogP contribution >= 0.6 is 15.9 Å². The van der Waals surface area contributed by atoms with E-state index in [-0.39, 0.29) is 41.8 Å². The highest BCUT2D eigenvalue weighted by Crippen LogP contribution is 2.61. The van der Waals surface area contributed by atoms with Crippen molar-refractivity contribution in [3.63, 3.8) is 0 Å². The topological polar surface area (TPSA) is 96.4 Å². The third-order valence-electron chi connectivity index (χ3n) is 9.50. The van der Waals surface area contributed by atoms with E-state index in [1.165, 1.54) is 0 Å². The van der Waals surface area contributed by atoms with Gasteiger partial charge in [0.05, 0.1) is 37.2 Å². The fourth-order valence-electron chi connectivity index (χ4n) is 7.39. The van der Waals surface area contributed by atoms with Crippen molar-refractivity contribution in [2.24, 2.45) is 17.8 Å². The highest BCUT2D eigenvalue weighted by molar-refractivity contribution is 9.09. The van der Waals surface area contributed by atoms with Crippen molar-refractivity contribution in [1.82, 2.24) is 9.80 Å². The highest BCUT2D eigenvalue weighted by Gasteiger charge is 2.77. The van der Waals surface area contributed by atoms with Gasteiger partial charge in [-0.25, -0.2) is 0 Å².